The zero-order chi connectivity index (χ0) is 15.9. The highest BCUT2D eigenvalue weighted by Gasteiger charge is 2.18. The molecule has 0 bridgehead atoms. The minimum absolute atomic E-state index is 0.0807. The summed E-state index contributed by atoms with van der Waals surface area (Å²) in [5.41, 5.74) is 6.36. The van der Waals surface area contributed by atoms with Crippen LogP contribution in [0.1, 0.15) is 45.6 Å². The van der Waals surface area contributed by atoms with E-state index in [0.717, 1.165) is 19.3 Å². The predicted octanol–water partition coefficient (Wildman–Crippen LogP) is 2.40. The van der Waals surface area contributed by atoms with Crippen LogP contribution in [0.3, 0.4) is 0 Å². The molecule has 0 aliphatic carbocycles. The first-order chi connectivity index (χ1) is 9.94. The molecule has 5 nitrogen and oxygen atoms in total. The molecule has 1 aromatic rings. The molecule has 6 heteroatoms. The lowest BCUT2D eigenvalue weighted by atomic mass is 10.2. The molecular weight excluding hydrogens is 288 g/mol. The van der Waals surface area contributed by atoms with Crippen LogP contribution in [0.4, 0.5) is 0 Å². The molecule has 1 atom stereocenters. The van der Waals surface area contributed by atoms with Crippen molar-refractivity contribution in [3.63, 3.8) is 0 Å². The van der Waals surface area contributed by atoms with Gasteiger partial charge < -0.3 is 10.5 Å². The lowest BCUT2D eigenvalue weighted by molar-refractivity contribution is 0.336. The number of unbranched alkanes of at least 4 members (excludes halogenated alkanes) is 1. The van der Waals surface area contributed by atoms with Gasteiger partial charge in [-0.1, -0.05) is 19.8 Å². The summed E-state index contributed by atoms with van der Waals surface area (Å²) in [6, 6.07) is 4.72. The van der Waals surface area contributed by atoms with Crippen molar-refractivity contribution < 1.29 is 13.2 Å². The molecular formula is C15H26N2O3S. The van der Waals surface area contributed by atoms with Crippen LogP contribution >= 0.6 is 0 Å². The highest BCUT2D eigenvalue weighted by molar-refractivity contribution is 7.89. The fraction of sp³-hybridized carbons (Fsp3) is 0.600. The van der Waals surface area contributed by atoms with Crippen LogP contribution in [0.25, 0.3) is 0 Å². The number of rotatable bonds is 9. The molecule has 0 amide bonds. The summed E-state index contributed by atoms with van der Waals surface area (Å²) in [5, 5.41) is 0. The standard InChI is InChI=1S/C15H26N2O3S/c1-4-6-7-12(3)17-21(18,19)14-8-9-15(20-5-2)13(10-14)11-16/h8-10,12,17H,4-7,11,16H2,1-3H3. The van der Waals surface area contributed by atoms with E-state index in [2.05, 4.69) is 11.6 Å². The zero-order valence-electron chi connectivity index (χ0n) is 13.1. The minimum Gasteiger partial charge on any atom is -0.494 e. The molecule has 0 heterocycles. The number of ether oxygens (including phenoxy) is 1. The molecule has 1 unspecified atom stereocenters. The maximum atomic E-state index is 12.4. The Balaban J connectivity index is 2.92. The van der Waals surface area contributed by atoms with E-state index >= 15 is 0 Å². The van der Waals surface area contributed by atoms with Gasteiger partial charge in [0.2, 0.25) is 10.0 Å². The van der Waals surface area contributed by atoms with Crippen LogP contribution in [-0.2, 0) is 16.6 Å². The maximum absolute atomic E-state index is 12.4. The summed E-state index contributed by atoms with van der Waals surface area (Å²) in [7, 11) is -3.52. The smallest absolute Gasteiger partial charge is 0.240 e. The quantitative estimate of drug-likeness (QED) is 0.733. The van der Waals surface area contributed by atoms with E-state index in [-0.39, 0.29) is 17.5 Å². The lowest BCUT2D eigenvalue weighted by Crippen LogP contribution is -2.32. The fourth-order valence-corrected chi connectivity index (χ4v) is 3.41. The number of hydrogen-bond acceptors (Lipinski definition) is 4. The molecule has 0 aromatic heterocycles. The minimum atomic E-state index is -3.52. The van der Waals surface area contributed by atoms with E-state index in [1.807, 2.05) is 13.8 Å². The molecule has 0 aliphatic heterocycles. The van der Waals surface area contributed by atoms with Gasteiger partial charge in [-0.05, 0) is 38.5 Å². The van der Waals surface area contributed by atoms with E-state index in [9.17, 15) is 8.42 Å². The van der Waals surface area contributed by atoms with Crippen molar-refractivity contribution in [2.24, 2.45) is 5.73 Å². The Kier molecular flexibility index (Phi) is 7.14. The first kappa shape index (κ1) is 17.9. The number of nitrogens with two attached hydrogens (primary N) is 1. The third-order valence-corrected chi connectivity index (χ3v) is 4.80. The number of hydrogen-bond donors (Lipinski definition) is 2. The maximum Gasteiger partial charge on any atom is 0.240 e. The Morgan fingerprint density at radius 2 is 2.05 bits per heavy atom. The second-order valence-electron chi connectivity index (χ2n) is 5.07. The summed E-state index contributed by atoms with van der Waals surface area (Å²) in [6.45, 7) is 6.60. The number of nitrogens with one attached hydrogen (secondary N) is 1. The zero-order valence-corrected chi connectivity index (χ0v) is 13.9. The molecule has 0 aliphatic rings. The normalized spacial score (nSPS) is 13.1. The molecule has 0 saturated carbocycles. The van der Waals surface area contributed by atoms with Gasteiger partial charge in [-0.2, -0.15) is 0 Å². The third kappa shape index (κ3) is 5.30. The van der Waals surface area contributed by atoms with Gasteiger partial charge in [0, 0.05) is 18.2 Å². The van der Waals surface area contributed by atoms with Crippen molar-refractivity contribution in [1.82, 2.24) is 4.72 Å². The monoisotopic (exact) mass is 314 g/mol. The number of benzene rings is 1. The van der Waals surface area contributed by atoms with Gasteiger partial charge in [0.1, 0.15) is 5.75 Å². The largest absolute Gasteiger partial charge is 0.494 e. The first-order valence-electron chi connectivity index (χ1n) is 7.42. The van der Waals surface area contributed by atoms with E-state index in [1.54, 1.807) is 18.2 Å². The molecule has 0 spiro atoms. The summed E-state index contributed by atoms with van der Waals surface area (Å²) < 4.78 is 32.8. The Morgan fingerprint density at radius 1 is 1.33 bits per heavy atom. The highest BCUT2D eigenvalue weighted by atomic mass is 32.2. The molecule has 120 valence electrons. The molecule has 0 saturated heterocycles. The van der Waals surface area contributed by atoms with E-state index < -0.39 is 10.0 Å². The second-order valence-corrected chi connectivity index (χ2v) is 6.79. The Hall–Kier alpha value is -1.11. The van der Waals surface area contributed by atoms with Crippen molar-refractivity contribution in [3.8, 4) is 5.75 Å². The summed E-state index contributed by atoms with van der Waals surface area (Å²) in [5.74, 6) is 0.637. The van der Waals surface area contributed by atoms with Crippen LogP contribution in [0.2, 0.25) is 0 Å². The van der Waals surface area contributed by atoms with Crippen LogP contribution in [0.5, 0.6) is 5.75 Å². The van der Waals surface area contributed by atoms with Crippen molar-refractivity contribution in [3.05, 3.63) is 23.8 Å². The average molecular weight is 314 g/mol. The SMILES string of the molecule is CCCCC(C)NS(=O)(=O)c1ccc(OCC)c(CN)c1. The Morgan fingerprint density at radius 3 is 2.62 bits per heavy atom. The van der Waals surface area contributed by atoms with E-state index in [1.165, 1.54) is 0 Å². The van der Waals surface area contributed by atoms with Gasteiger partial charge in [0.25, 0.3) is 0 Å². The Labute approximate surface area is 127 Å². The predicted molar refractivity (Wildman–Crippen MR) is 84.8 cm³/mol. The molecule has 0 fully saturated rings. The van der Waals surface area contributed by atoms with Gasteiger partial charge in [-0.3, -0.25) is 0 Å². The van der Waals surface area contributed by atoms with Crippen LogP contribution in [-0.4, -0.2) is 21.1 Å². The third-order valence-electron chi connectivity index (χ3n) is 3.21. The molecule has 1 rings (SSSR count). The van der Waals surface area contributed by atoms with Gasteiger partial charge in [0.05, 0.1) is 11.5 Å². The van der Waals surface area contributed by atoms with Crippen LogP contribution in [0.15, 0.2) is 23.1 Å². The van der Waals surface area contributed by atoms with Gasteiger partial charge >= 0.3 is 0 Å². The summed E-state index contributed by atoms with van der Waals surface area (Å²) in [6.07, 6.45) is 2.88. The topological polar surface area (TPSA) is 81.4 Å². The van der Waals surface area contributed by atoms with Crippen molar-refractivity contribution >= 4 is 10.0 Å². The van der Waals surface area contributed by atoms with Crippen molar-refractivity contribution in [2.45, 2.75) is 57.5 Å². The summed E-state index contributed by atoms with van der Waals surface area (Å²) in [4.78, 5) is 0.231. The van der Waals surface area contributed by atoms with Gasteiger partial charge in [-0.15, -0.1) is 0 Å². The molecule has 0 radical (unpaired) electrons. The van der Waals surface area contributed by atoms with Gasteiger partial charge in [0.15, 0.2) is 0 Å². The lowest BCUT2D eigenvalue weighted by Gasteiger charge is -2.15. The van der Waals surface area contributed by atoms with Crippen molar-refractivity contribution in [1.29, 1.82) is 0 Å². The second kappa shape index (κ2) is 8.36. The summed E-state index contributed by atoms with van der Waals surface area (Å²) >= 11 is 0. The molecule has 21 heavy (non-hydrogen) atoms. The fourth-order valence-electron chi connectivity index (χ4n) is 2.08. The van der Waals surface area contributed by atoms with E-state index in [0.29, 0.717) is 17.9 Å². The first-order valence-corrected chi connectivity index (χ1v) is 8.91. The van der Waals surface area contributed by atoms with E-state index in [4.69, 9.17) is 10.5 Å². The molecule has 3 N–H and O–H groups in total. The Bertz CT molecular complexity index is 544. The van der Waals surface area contributed by atoms with Crippen LogP contribution < -0.4 is 15.2 Å². The average Bonchev–Trinajstić information content (AvgIpc) is 2.45. The number of sulfonamides is 1. The highest BCUT2D eigenvalue weighted by Crippen LogP contribution is 2.22. The van der Waals surface area contributed by atoms with Crippen LogP contribution in [0, 0.1) is 0 Å². The molecule has 1 aromatic carbocycles. The van der Waals surface area contributed by atoms with Gasteiger partial charge in [-0.25, -0.2) is 13.1 Å². The van der Waals surface area contributed by atoms with Crippen molar-refractivity contribution in [2.75, 3.05) is 6.61 Å².